The highest BCUT2D eigenvalue weighted by molar-refractivity contribution is 6.31. The molecule has 1 saturated carbocycles. The average Bonchev–Trinajstić information content (AvgIpc) is 3.43. The van der Waals surface area contributed by atoms with Gasteiger partial charge in [-0.05, 0) is 60.1 Å². The number of hydrogen-bond acceptors (Lipinski definition) is 6. The summed E-state index contributed by atoms with van der Waals surface area (Å²) in [6.45, 7) is 6.17. The highest BCUT2D eigenvalue weighted by atomic mass is 35.5. The third kappa shape index (κ3) is 5.33. The van der Waals surface area contributed by atoms with Gasteiger partial charge < -0.3 is 20.1 Å². The van der Waals surface area contributed by atoms with E-state index in [-0.39, 0.29) is 39.6 Å². The van der Waals surface area contributed by atoms with Crippen LogP contribution in [0.25, 0.3) is 0 Å². The number of nitrogens with one attached hydrogen (secondary N) is 2. The zero-order chi connectivity index (χ0) is 31.3. The second-order valence-corrected chi connectivity index (χ2v) is 13.0. The van der Waals surface area contributed by atoms with Crippen molar-refractivity contribution in [2.75, 3.05) is 24.9 Å². The topological polar surface area (TPSA) is 107 Å². The van der Waals surface area contributed by atoms with Gasteiger partial charge in [-0.25, -0.2) is 9.18 Å². The Morgan fingerprint density at radius 3 is 2.58 bits per heavy atom. The number of halogens is 3. The molecule has 2 heterocycles. The zero-order valence-electron chi connectivity index (χ0n) is 24.4. The van der Waals surface area contributed by atoms with Crippen LogP contribution in [0, 0.1) is 23.1 Å². The fourth-order valence-corrected chi connectivity index (χ4v) is 7.13. The minimum absolute atomic E-state index is 0.117. The van der Waals surface area contributed by atoms with E-state index in [1.165, 1.54) is 44.7 Å². The minimum atomic E-state index is -1.39. The van der Waals surface area contributed by atoms with Crippen LogP contribution in [0.1, 0.15) is 61.1 Å². The van der Waals surface area contributed by atoms with Crippen LogP contribution in [0.3, 0.4) is 0 Å². The molecular weight excluding hydrogens is 596 g/mol. The molecule has 226 valence electrons. The Morgan fingerprint density at radius 2 is 1.91 bits per heavy atom. The Labute approximate surface area is 259 Å². The summed E-state index contributed by atoms with van der Waals surface area (Å²) in [4.78, 5) is 45.2. The van der Waals surface area contributed by atoms with Crippen molar-refractivity contribution >= 4 is 52.4 Å². The highest BCUT2D eigenvalue weighted by Crippen LogP contribution is 2.63. The quantitative estimate of drug-likeness (QED) is 0.285. The monoisotopic (exact) mass is 627 g/mol. The fraction of sp³-hybridized carbons (Fsp3) is 0.375. The summed E-state index contributed by atoms with van der Waals surface area (Å²) in [5.74, 6) is -4.07. The summed E-state index contributed by atoms with van der Waals surface area (Å²) in [6, 6.07) is 10.7. The van der Waals surface area contributed by atoms with Crippen molar-refractivity contribution in [1.29, 1.82) is 0 Å². The van der Waals surface area contributed by atoms with Gasteiger partial charge >= 0.3 is 5.97 Å². The number of methoxy groups -OCH3 is 2. The van der Waals surface area contributed by atoms with Crippen LogP contribution >= 0.6 is 23.2 Å². The molecule has 8 nitrogen and oxygen atoms in total. The van der Waals surface area contributed by atoms with Crippen molar-refractivity contribution in [3.05, 3.63) is 81.3 Å². The summed E-state index contributed by atoms with van der Waals surface area (Å²) in [7, 11) is 2.68. The Morgan fingerprint density at radius 1 is 1.16 bits per heavy atom. The van der Waals surface area contributed by atoms with Crippen molar-refractivity contribution < 1.29 is 28.2 Å². The molecule has 5 rings (SSSR count). The van der Waals surface area contributed by atoms with Crippen molar-refractivity contribution in [2.24, 2.45) is 17.3 Å². The highest BCUT2D eigenvalue weighted by Gasteiger charge is 2.67. The first-order valence-electron chi connectivity index (χ1n) is 13.8. The first-order valence-corrected chi connectivity index (χ1v) is 14.6. The lowest BCUT2D eigenvalue weighted by atomic mass is 9.63. The molecule has 3 aromatic rings. The van der Waals surface area contributed by atoms with Crippen LogP contribution in [0.15, 0.2) is 48.7 Å². The van der Waals surface area contributed by atoms with Gasteiger partial charge in [-0.2, -0.15) is 0 Å². The van der Waals surface area contributed by atoms with Gasteiger partial charge in [0.1, 0.15) is 17.0 Å². The number of nitrogens with zero attached hydrogens (tertiary/aromatic N) is 1. The van der Waals surface area contributed by atoms with Gasteiger partial charge in [0, 0.05) is 18.0 Å². The summed E-state index contributed by atoms with van der Waals surface area (Å²) >= 11 is 12.5. The predicted molar refractivity (Wildman–Crippen MR) is 162 cm³/mol. The van der Waals surface area contributed by atoms with E-state index in [0.717, 1.165) is 0 Å². The van der Waals surface area contributed by atoms with Gasteiger partial charge in [0.15, 0.2) is 0 Å². The number of carbonyl (C=O) groups is 3. The second-order valence-electron chi connectivity index (χ2n) is 12.2. The Balaban J connectivity index is 1.68. The molecule has 0 saturated heterocycles. The Bertz CT molecular complexity index is 1620. The molecule has 2 amide bonds. The molecule has 2 N–H and O–H groups in total. The SMILES string of the molecule is COC(=O)c1ccc(NC(=O)[C@@H]2C[C@@H](CC(C)(C)C)[C@@]3(C(=O)Nc4cc(Cl)cnc43)[C@H]2c2cccc(Cl)c2F)c(OC)c1. The van der Waals surface area contributed by atoms with Crippen molar-refractivity contribution in [2.45, 2.75) is 44.9 Å². The van der Waals surface area contributed by atoms with Gasteiger partial charge in [-0.15, -0.1) is 0 Å². The van der Waals surface area contributed by atoms with E-state index >= 15 is 4.39 Å². The van der Waals surface area contributed by atoms with Gasteiger partial charge in [0.05, 0.1) is 46.9 Å². The molecule has 43 heavy (non-hydrogen) atoms. The lowest BCUT2D eigenvalue weighted by Gasteiger charge is -2.38. The number of amides is 2. The number of hydrogen-bond donors (Lipinski definition) is 2. The lowest BCUT2D eigenvalue weighted by Crippen LogP contribution is -2.45. The number of benzene rings is 2. The number of pyridine rings is 1. The standard InChI is InChI=1S/C32H32Cl2FN3O5/c1-31(2,3)14-17-12-20(28(39)37-22-10-9-16(29(40)43-5)11-24(22)42-4)25(19-7-6-8-21(34)26(19)35)32(17)27-23(38-30(32)41)13-18(33)15-36-27/h6-11,13,15,17,20,25H,12,14H2,1-5H3,(H,37,39)(H,38,41)/t17-,20+,25-,32+/m0/s1. The van der Waals surface area contributed by atoms with Crippen LogP contribution < -0.4 is 15.4 Å². The van der Waals surface area contributed by atoms with Crippen molar-refractivity contribution in [3.8, 4) is 5.75 Å². The first-order chi connectivity index (χ1) is 20.3. The maximum Gasteiger partial charge on any atom is 0.337 e. The average molecular weight is 629 g/mol. The van der Waals surface area contributed by atoms with E-state index in [1.807, 2.05) is 0 Å². The molecular formula is C32H32Cl2FN3O5. The van der Waals surface area contributed by atoms with Gasteiger partial charge in [-0.1, -0.05) is 56.1 Å². The van der Waals surface area contributed by atoms with Crippen LogP contribution in [0.5, 0.6) is 5.75 Å². The van der Waals surface area contributed by atoms with E-state index in [9.17, 15) is 14.4 Å². The molecule has 11 heteroatoms. The van der Waals surface area contributed by atoms with E-state index in [1.54, 1.807) is 18.2 Å². The predicted octanol–water partition coefficient (Wildman–Crippen LogP) is 7.01. The Kier molecular flexibility index (Phi) is 8.17. The van der Waals surface area contributed by atoms with Gasteiger partial charge in [0.25, 0.3) is 0 Å². The van der Waals surface area contributed by atoms with Crippen LogP contribution in [0.2, 0.25) is 10.0 Å². The summed E-state index contributed by atoms with van der Waals surface area (Å²) < 4.78 is 26.2. The molecule has 1 aromatic heterocycles. The molecule has 0 unspecified atom stereocenters. The van der Waals surface area contributed by atoms with Gasteiger partial charge in [0.2, 0.25) is 11.8 Å². The molecule has 1 spiro atoms. The van der Waals surface area contributed by atoms with E-state index in [0.29, 0.717) is 28.5 Å². The second kappa shape index (κ2) is 11.4. The number of ether oxygens (including phenoxy) is 2. The normalized spacial score (nSPS) is 22.7. The van der Waals surface area contributed by atoms with Crippen LogP contribution in [-0.2, 0) is 19.7 Å². The van der Waals surface area contributed by atoms with Gasteiger partial charge in [-0.3, -0.25) is 14.6 Å². The summed E-state index contributed by atoms with van der Waals surface area (Å²) in [5, 5.41) is 6.07. The van der Waals surface area contributed by atoms with E-state index in [4.69, 9.17) is 32.7 Å². The summed E-state index contributed by atoms with van der Waals surface area (Å²) in [6.07, 6.45) is 2.27. The molecule has 1 aliphatic heterocycles. The van der Waals surface area contributed by atoms with Crippen LogP contribution in [-0.4, -0.2) is 37.0 Å². The minimum Gasteiger partial charge on any atom is -0.495 e. The number of carbonyl (C=O) groups excluding carboxylic acids is 3. The molecule has 1 aliphatic carbocycles. The molecule has 0 radical (unpaired) electrons. The number of anilines is 2. The fourth-order valence-electron chi connectivity index (χ4n) is 6.79. The molecule has 2 aromatic carbocycles. The molecule has 1 fully saturated rings. The Hall–Kier alpha value is -3.69. The third-order valence-corrected chi connectivity index (χ3v) is 8.84. The van der Waals surface area contributed by atoms with Crippen LogP contribution in [0.4, 0.5) is 15.8 Å². The molecule has 2 aliphatic rings. The maximum absolute atomic E-state index is 16.0. The van der Waals surface area contributed by atoms with Crippen molar-refractivity contribution in [3.63, 3.8) is 0 Å². The van der Waals surface area contributed by atoms with E-state index in [2.05, 4.69) is 36.4 Å². The first kappa shape index (κ1) is 30.8. The molecule has 0 bridgehead atoms. The number of aromatic nitrogens is 1. The molecule has 4 atom stereocenters. The number of esters is 1. The zero-order valence-corrected chi connectivity index (χ0v) is 25.9. The maximum atomic E-state index is 16.0. The number of fused-ring (bicyclic) bond motifs is 2. The third-order valence-electron chi connectivity index (χ3n) is 8.34. The lowest BCUT2D eigenvalue weighted by molar-refractivity contribution is -0.123. The smallest absolute Gasteiger partial charge is 0.337 e. The number of rotatable bonds is 6. The van der Waals surface area contributed by atoms with E-state index < -0.39 is 40.9 Å². The summed E-state index contributed by atoms with van der Waals surface area (Å²) in [5.41, 5.74) is -0.0783. The van der Waals surface area contributed by atoms with Crippen molar-refractivity contribution in [1.82, 2.24) is 4.98 Å². The largest absolute Gasteiger partial charge is 0.495 e.